The Morgan fingerprint density at radius 1 is 1.08 bits per heavy atom. The number of carbonyl (C=O) groups is 3. The summed E-state index contributed by atoms with van der Waals surface area (Å²) in [5, 5.41) is 17.3. The molecule has 0 aromatic heterocycles. The Morgan fingerprint density at radius 2 is 1.68 bits per heavy atom. The third-order valence-corrected chi connectivity index (χ3v) is 3.04. The van der Waals surface area contributed by atoms with Crippen molar-refractivity contribution in [2.75, 3.05) is 0 Å². The van der Waals surface area contributed by atoms with E-state index in [1.807, 2.05) is 0 Å². The minimum absolute atomic E-state index is 0. The van der Waals surface area contributed by atoms with Gasteiger partial charge in [0.25, 0.3) is 0 Å². The number of para-hydroxylation sites is 1. The van der Waals surface area contributed by atoms with Gasteiger partial charge in [-0.05, 0) is 30.3 Å². The number of benzene rings is 2. The number of esters is 1. The van der Waals surface area contributed by atoms with Crippen LogP contribution in [0.3, 0.4) is 0 Å². The number of phenols is 1. The normalized spacial score (nSPS) is 9.08. The number of carbonyl (C=O) groups excluding carboxylic acids is 2. The molecule has 0 aliphatic rings. The van der Waals surface area contributed by atoms with Gasteiger partial charge in [-0.2, -0.15) is 0 Å². The number of aromatic hydroxyl groups is 1. The minimum Gasteiger partial charge on any atom is -0.507 e. The molecule has 2 N–H and O–H groups in total. The van der Waals surface area contributed by atoms with E-state index in [9.17, 15) is 14.4 Å². The van der Waals surface area contributed by atoms with Crippen molar-refractivity contribution in [3.8, 4) is 11.5 Å². The largest absolute Gasteiger partial charge is 0.507 e. The van der Waals surface area contributed by atoms with Crippen LogP contribution in [-0.2, 0) is 21.9 Å². The second kappa shape index (κ2) is 10.8. The zero-order chi connectivity index (χ0) is 18.3. The van der Waals surface area contributed by atoms with Crippen LogP contribution in [0.2, 0.25) is 5.02 Å². The third kappa shape index (κ3) is 7.62. The fourth-order valence-electron chi connectivity index (χ4n) is 1.57. The maximum atomic E-state index is 10.9. The van der Waals surface area contributed by atoms with Crippen molar-refractivity contribution in [1.82, 2.24) is 0 Å². The summed E-state index contributed by atoms with van der Waals surface area (Å²) in [5.74, 6) is -1.68. The number of hydrogen-bond acceptors (Lipinski definition) is 5. The van der Waals surface area contributed by atoms with Crippen molar-refractivity contribution in [2.24, 2.45) is 0 Å². The molecule has 2 rings (SSSR count). The number of thiol groups is 1. The van der Waals surface area contributed by atoms with Crippen LogP contribution in [0, 0.1) is 0 Å². The summed E-state index contributed by atoms with van der Waals surface area (Å²) in [6.45, 7) is 1.28. The van der Waals surface area contributed by atoms with Crippen LogP contribution in [0.5, 0.6) is 11.5 Å². The van der Waals surface area contributed by atoms with Gasteiger partial charge in [-0.15, -0.1) is 12.6 Å². The molecule has 0 amide bonds. The number of carboxylic acid groups (broad SMARTS) is 1. The Morgan fingerprint density at radius 3 is 2.16 bits per heavy atom. The number of ether oxygens (including phenoxy) is 1. The number of halogens is 1. The molecule has 0 aliphatic carbocycles. The first-order valence-corrected chi connectivity index (χ1v) is 7.27. The first-order chi connectivity index (χ1) is 11.2. The summed E-state index contributed by atoms with van der Waals surface area (Å²) in [7, 11) is 0. The molecule has 0 saturated heterocycles. The Hall–Kier alpha value is -1.99. The first kappa shape index (κ1) is 23.0. The molecular weight excluding hydrogens is 419 g/mol. The summed E-state index contributed by atoms with van der Waals surface area (Å²) in [6.07, 6.45) is 0. The summed E-state index contributed by atoms with van der Waals surface area (Å²) >= 11 is 9.14. The number of carboxylic acids is 1. The summed E-state index contributed by atoms with van der Waals surface area (Å²) < 4.78 is 4.80. The summed E-state index contributed by atoms with van der Waals surface area (Å²) in [5.41, 5.74) is 0.110. The van der Waals surface area contributed by atoms with E-state index in [2.05, 4.69) is 12.6 Å². The molecule has 0 unspecified atom stereocenters. The third-order valence-electron chi connectivity index (χ3n) is 2.56. The SMILES string of the molecule is CC(=O)Oc1ccccc1C(=O)S.O=C(O)c1cc(Cl)ccc1O.[Cu]. The molecule has 0 atom stereocenters. The standard InChI is InChI=1S/C9H8O3S.C7H5ClO3.Cu/c1-6(10)12-8-5-3-2-4-7(8)9(11)13;8-4-1-2-6(9)5(3-4)7(10)11;/h2-5H,1H3,(H,11,13);1-3,9H,(H,10,11);. The van der Waals surface area contributed by atoms with Crippen molar-refractivity contribution in [3.63, 3.8) is 0 Å². The molecule has 25 heavy (non-hydrogen) atoms. The molecule has 0 heterocycles. The predicted molar refractivity (Wildman–Crippen MR) is 91.1 cm³/mol. The molecule has 0 fully saturated rings. The van der Waals surface area contributed by atoms with E-state index in [0.29, 0.717) is 10.6 Å². The van der Waals surface area contributed by atoms with Gasteiger partial charge in [0.2, 0.25) is 5.12 Å². The molecule has 6 nitrogen and oxygen atoms in total. The molecule has 2 aromatic rings. The van der Waals surface area contributed by atoms with Gasteiger partial charge in [-0.25, -0.2) is 4.79 Å². The van der Waals surface area contributed by atoms with Gasteiger partial charge in [0, 0.05) is 29.0 Å². The molecule has 2 aromatic carbocycles. The van der Waals surface area contributed by atoms with Gasteiger partial charge in [0.15, 0.2) is 0 Å². The predicted octanol–water partition coefficient (Wildman–Crippen LogP) is 3.42. The van der Waals surface area contributed by atoms with Crippen molar-refractivity contribution in [2.45, 2.75) is 6.92 Å². The number of hydrogen-bond donors (Lipinski definition) is 3. The van der Waals surface area contributed by atoms with E-state index in [1.54, 1.807) is 24.3 Å². The van der Waals surface area contributed by atoms with E-state index >= 15 is 0 Å². The smallest absolute Gasteiger partial charge is 0.339 e. The Balaban J connectivity index is 0.000000449. The molecule has 137 valence electrons. The van der Waals surface area contributed by atoms with Crippen molar-refractivity contribution in [1.29, 1.82) is 0 Å². The molecule has 9 heteroatoms. The van der Waals surface area contributed by atoms with E-state index < -0.39 is 17.1 Å². The quantitative estimate of drug-likeness (QED) is 0.297. The van der Waals surface area contributed by atoms with Crippen LogP contribution in [0.25, 0.3) is 0 Å². The summed E-state index contributed by atoms with van der Waals surface area (Å²) in [6, 6.07) is 10.3. The van der Waals surface area contributed by atoms with Crippen LogP contribution in [-0.4, -0.2) is 27.3 Å². The van der Waals surface area contributed by atoms with E-state index in [-0.39, 0.29) is 34.1 Å². The van der Waals surface area contributed by atoms with Crippen LogP contribution in [0.15, 0.2) is 42.5 Å². The molecule has 0 saturated carbocycles. The number of rotatable bonds is 3. The van der Waals surface area contributed by atoms with Crippen LogP contribution < -0.4 is 4.74 Å². The monoisotopic (exact) mass is 431 g/mol. The van der Waals surface area contributed by atoms with Gasteiger partial charge in [0.1, 0.15) is 17.1 Å². The van der Waals surface area contributed by atoms with Crippen molar-refractivity contribution < 1.29 is 46.4 Å². The van der Waals surface area contributed by atoms with E-state index in [0.717, 1.165) is 0 Å². The van der Waals surface area contributed by atoms with Gasteiger partial charge in [-0.1, -0.05) is 23.7 Å². The first-order valence-electron chi connectivity index (χ1n) is 6.45. The Bertz CT molecular complexity index is 781. The maximum absolute atomic E-state index is 10.9. The summed E-state index contributed by atoms with van der Waals surface area (Å²) in [4.78, 5) is 31.9. The zero-order valence-electron chi connectivity index (χ0n) is 12.7. The van der Waals surface area contributed by atoms with Gasteiger partial charge in [0.05, 0.1) is 5.56 Å². The average Bonchev–Trinajstić information content (AvgIpc) is 2.50. The van der Waals surface area contributed by atoms with Crippen LogP contribution in [0.1, 0.15) is 27.6 Å². The van der Waals surface area contributed by atoms with Crippen molar-refractivity contribution >= 4 is 41.3 Å². The van der Waals surface area contributed by atoms with Gasteiger partial charge >= 0.3 is 11.9 Å². The average molecular weight is 432 g/mol. The van der Waals surface area contributed by atoms with E-state index in [1.165, 1.54) is 25.1 Å². The van der Waals surface area contributed by atoms with Crippen molar-refractivity contribution in [3.05, 3.63) is 58.6 Å². The molecule has 1 radical (unpaired) electrons. The topological polar surface area (TPSA) is 101 Å². The second-order valence-corrected chi connectivity index (χ2v) is 5.20. The maximum Gasteiger partial charge on any atom is 0.339 e. The fourth-order valence-corrected chi connectivity index (χ4v) is 1.92. The second-order valence-electron chi connectivity index (χ2n) is 4.36. The van der Waals surface area contributed by atoms with Crippen LogP contribution in [0.4, 0.5) is 0 Å². The molecule has 0 bridgehead atoms. The van der Waals surface area contributed by atoms with Gasteiger partial charge < -0.3 is 14.9 Å². The minimum atomic E-state index is -1.19. The Labute approximate surface area is 164 Å². The molecular formula is C16H13ClCuO6S. The zero-order valence-corrected chi connectivity index (χ0v) is 15.3. The van der Waals surface area contributed by atoms with Gasteiger partial charge in [-0.3, -0.25) is 9.59 Å². The number of aromatic carboxylic acids is 1. The molecule has 0 aliphatic heterocycles. The van der Waals surface area contributed by atoms with Crippen LogP contribution >= 0.6 is 24.2 Å². The fraction of sp³-hybridized carbons (Fsp3) is 0.0625. The Kier molecular flexibility index (Phi) is 9.93. The molecule has 0 spiro atoms. The van der Waals surface area contributed by atoms with E-state index in [4.69, 9.17) is 26.6 Å².